The molecule has 2 heteroatoms. The van der Waals surface area contributed by atoms with E-state index in [0.717, 1.165) is 5.92 Å². The maximum Gasteiger partial charge on any atom is 0.0422 e. The Morgan fingerprint density at radius 3 is 2.37 bits per heavy atom. The molecule has 0 aliphatic heterocycles. The molecule has 1 saturated carbocycles. The molecule has 1 aliphatic rings. The summed E-state index contributed by atoms with van der Waals surface area (Å²) in [5.41, 5.74) is 1.28. The minimum Gasteiger partial charge on any atom is -0.382 e. The molecule has 0 spiro atoms. The summed E-state index contributed by atoms with van der Waals surface area (Å²) in [4.78, 5) is 0. The minimum atomic E-state index is 0.640. The fraction of sp³-hybridized carbons (Fsp3) is 0.412. The molecule has 0 bridgehead atoms. The van der Waals surface area contributed by atoms with Crippen LogP contribution in [0.4, 0.5) is 5.69 Å². The van der Waals surface area contributed by atoms with Gasteiger partial charge in [0.25, 0.3) is 0 Å². The Kier molecular flexibility index (Phi) is 3.79. The van der Waals surface area contributed by atoms with Crippen LogP contribution in [0, 0.1) is 5.92 Å². The molecule has 1 nitrogen and oxygen atoms in total. The summed E-state index contributed by atoms with van der Waals surface area (Å²) in [5, 5.41) is 6.35. The Morgan fingerprint density at radius 2 is 1.63 bits per heavy atom. The Labute approximate surface area is 123 Å². The Morgan fingerprint density at radius 1 is 0.947 bits per heavy atom. The van der Waals surface area contributed by atoms with Gasteiger partial charge >= 0.3 is 0 Å². The number of halogens is 1. The Bertz CT molecular complexity index is 570. The first-order valence-electron chi connectivity index (χ1n) is 7.18. The second kappa shape index (κ2) is 5.54. The van der Waals surface area contributed by atoms with Crippen molar-refractivity contribution < 1.29 is 0 Å². The van der Waals surface area contributed by atoms with E-state index in [2.05, 4.69) is 64.6 Å². The molecule has 2 aromatic carbocycles. The monoisotopic (exact) mass is 317 g/mol. The van der Waals surface area contributed by atoms with Gasteiger partial charge in [0.05, 0.1) is 0 Å². The predicted molar refractivity (Wildman–Crippen MR) is 86.7 cm³/mol. The zero-order valence-corrected chi connectivity index (χ0v) is 12.9. The lowest BCUT2D eigenvalue weighted by Gasteiger charge is -2.28. The van der Waals surface area contributed by atoms with Crippen molar-refractivity contribution in [2.45, 2.75) is 38.6 Å². The molecule has 100 valence electrons. The predicted octanol–water partition coefficient (Wildman–Crippen LogP) is 5.59. The number of hydrogen-bond acceptors (Lipinski definition) is 1. The van der Waals surface area contributed by atoms with Crippen molar-refractivity contribution in [1.82, 2.24) is 0 Å². The van der Waals surface area contributed by atoms with E-state index in [-0.39, 0.29) is 0 Å². The third kappa shape index (κ3) is 2.79. The number of fused-ring (bicyclic) bond motifs is 1. The first-order valence-corrected chi connectivity index (χ1v) is 7.97. The maximum atomic E-state index is 3.75. The van der Waals surface area contributed by atoms with Crippen molar-refractivity contribution in [3.8, 4) is 0 Å². The van der Waals surface area contributed by atoms with E-state index in [1.54, 1.807) is 0 Å². The Hall–Kier alpha value is -1.02. The molecule has 0 aromatic heterocycles. The highest BCUT2D eigenvalue weighted by Crippen LogP contribution is 2.32. The lowest BCUT2D eigenvalue weighted by atomic mass is 9.87. The highest BCUT2D eigenvalue weighted by atomic mass is 79.9. The van der Waals surface area contributed by atoms with Crippen LogP contribution in [0.25, 0.3) is 10.8 Å². The van der Waals surface area contributed by atoms with E-state index in [1.807, 2.05) is 0 Å². The minimum absolute atomic E-state index is 0.640. The number of benzene rings is 2. The van der Waals surface area contributed by atoms with Crippen LogP contribution in [0.1, 0.15) is 32.6 Å². The summed E-state index contributed by atoms with van der Waals surface area (Å²) in [6, 6.07) is 13.6. The van der Waals surface area contributed by atoms with Crippen molar-refractivity contribution in [3.05, 3.63) is 40.9 Å². The quantitative estimate of drug-likeness (QED) is 0.761. The fourth-order valence-corrected chi connectivity index (χ4v) is 3.49. The first kappa shape index (κ1) is 13.0. The SMILES string of the molecule is CC1CCC(Nc2ccc(Br)c3ccccc23)CC1. The number of rotatable bonds is 2. The van der Waals surface area contributed by atoms with Gasteiger partial charge in [-0.1, -0.05) is 47.1 Å². The van der Waals surface area contributed by atoms with Gasteiger partial charge in [-0.05, 0) is 49.1 Å². The summed E-state index contributed by atoms with van der Waals surface area (Å²) >= 11 is 3.64. The highest BCUT2D eigenvalue weighted by molar-refractivity contribution is 9.10. The lowest BCUT2D eigenvalue weighted by molar-refractivity contribution is 0.361. The van der Waals surface area contributed by atoms with E-state index < -0.39 is 0 Å². The van der Waals surface area contributed by atoms with Gasteiger partial charge < -0.3 is 5.32 Å². The molecule has 0 unspecified atom stereocenters. The molecule has 0 amide bonds. The van der Waals surface area contributed by atoms with Crippen LogP contribution in [-0.2, 0) is 0 Å². The van der Waals surface area contributed by atoms with Gasteiger partial charge in [0.15, 0.2) is 0 Å². The summed E-state index contributed by atoms with van der Waals surface area (Å²) in [6.45, 7) is 2.37. The molecule has 0 saturated heterocycles. The largest absolute Gasteiger partial charge is 0.382 e. The third-order valence-electron chi connectivity index (χ3n) is 4.25. The van der Waals surface area contributed by atoms with Gasteiger partial charge in [0.2, 0.25) is 0 Å². The van der Waals surface area contributed by atoms with E-state index in [9.17, 15) is 0 Å². The second-order valence-corrected chi connectivity index (χ2v) is 6.60. The van der Waals surface area contributed by atoms with E-state index in [0.29, 0.717) is 6.04 Å². The number of hydrogen-bond donors (Lipinski definition) is 1. The first-order chi connectivity index (χ1) is 9.24. The molecule has 0 radical (unpaired) electrons. The van der Waals surface area contributed by atoms with E-state index in [4.69, 9.17) is 0 Å². The van der Waals surface area contributed by atoms with Crippen molar-refractivity contribution in [2.75, 3.05) is 5.32 Å². The summed E-state index contributed by atoms with van der Waals surface area (Å²) in [5.74, 6) is 0.903. The number of nitrogens with one attached hydrogen (secondary N) is 1. The molecular weight excluding hydrogens is 298 g/mol. The zero-order chi connectivity index (χ0) is 13.2. The van der Waals surface area contributed by atoms with Crippen molar-refractivity contribution in [1.29, 1.82) is 0 Å². The van der Waals surface area contributed by atoms with Crippen LogP contribution < -0.4 is 5.32 Å². The average Bonchev–Trinajstić information content (AvgIpc) is 2.45. The van der Waals surface area contributed by atoms with Gasteiger partial charge in [0, 0.05) is 21.6 Å². The van der Waals surface area contributed by atoms with Crippen molar-refractivity contribution >= 4 is 32.4 Å². The van der Waals surface area contributed by atoms with Crippen LogP contribution in [0.5, 0.6) is 0 Å². The van der Waals surface area contributed by atoms with Gasteiger partial charge in [0.1, 0.15) is 0 Å². The summed E-state index contributed by atoms with van der Waals surface area (Å²) in [7, 11) is 0. The van der Waals surface area contributed by atoms with E-state index >= 15 is 0 Å². The van der Waals surface area contributed by atoms with Gasteiger partial charge in [-0.15, -0.1) is 0 Å². The molecule has 19 heavy (non-hydrogen) atoms. The lowest BCUT2D eigenvalue weighted by Crippen LogP contribution is -2.25. The Balaban J connectivity index is 1.87. The average molecular weight is 318 g/mol. The molecule has 0 atom stereocenters. The van der Waals surface area contributed by atoms with E-state index in [1.165, 1.54) is 46.6 Å². The van der Waals surface area contributed by atoms with Crippen LogP contribution in [0.15, 0.2) is 40.9 Å². The summed E-state index contributed by atoms with van der Waals surface area (Å²) in [6.07, 6.45) is 5.30. The van der Waals surface area contributed by atoms with Crippen LogP contribution in [-0.4, -0.2) is 6.04 Å². The normalized spacial score (nSPS) is 23.5. The molecule has 3 rings (SSSR count). The summed E-state index contributed by atoms with van der Waals surface area (Å²) < 4.78 is 1.17. The maximum absolute atomic E-state index is 3.75. The zero-order valence-electron chi connectivity index (χ0n) is 11.3. The van der Waals surface area contributed by atoms with Gasteiger partial charge in [-0.25, -0.2) is 0 Å². The van der Waals surface area contributed by atoms with Crippen LogP contribution in [0.3, 0.4) is 0 Å². The molecule has 1 aliphatic carbocycles. The van der Waals surface area contributed by atoms with Crippen molar-refractivity contribution in [2.24, 2.45) is 5.92 Å². The molecule has 1 fully saturated rings. The van der Waals surface area contributed by atoms with Gasteiger partial charge in [-0.2, -0.15) is 0 Å². The number of anilines is 1. The standard InChI is InChI=1S/C17H20BrN/c1-12-6-8-13(9-7-12)19-17-11-10-16(18)14-4-2-3-5-15(14)17/h2-5,10-13,19H,6-9H2,1H3. The second-order valence-electron chi connectivity index (χ2n) is 5.74. The smallest absolute Gasteiger partial charge is 0.0422 e. The highest BCUT2D eigenvalue weighted by Gasteiger charge is 2.18. The molecular formula is C17H20BrN. The topological polar surface area (TPSA) is 12.0 Å². The molecule has 1 N–H and O–H groups in total. The van der Waals surface area contributed by atoms with Crippen molar-refractivity contribution in [3.63, 3.8) is 0 Å². The van der Waals surface area contributed by atoms with Gasteiger partial charge in [-0.3, -0.25) is 0 Å². The third-order valence-corrected chi connectivity index (χ3v) is 4.94. The molecule has 2 aromatic rings. The molecule has 0 heterocycles. The fourth-order valence-electron chi connectivity index (χ4n) is 3.01. The van der Waals surface area contributed by atoms with Crippen LogP contribution in [0.2, 0.25) is 0 Å². The van der Waals surface area contributed by atoms with Crippen LogP contribution >= 0.6 is 15.9 Å².